The number of alkyl halides is 2. The smallest absolute Gasteiger partial charge is 0.159 e. The van der Waals surface area contributed by atoms with E-state index < -0.39 is 12.3 Å². The minimum atomic E-state index is -0.965. The normalized spacial score (nSPS) is 13.0. The largest absolute Gasteiger partial charge is 0.490 e. The topological polar surface area (TPSA) is 35.0 Å². The molecule has 0 saturated carbocycles. The third kappa shape index (κ3) is 13.0. The molecule has 3 nitrogen and oxygen atoms in total. The predicted molar refractivity (Wildman–Crippen MR) is 142 cm³/mol. The third-order valence-electron chi connectivity index (χ3n) is 6.50. The molecule has 2 atom stereocenters. The van der Waals surface area contributed by atoms with Gasteiger partial charge in [-0.15, -0.1) is 0 Å². The molecule has 0 N–H and O–H groups in total. The van der Waals surface area contributed by atoms with E-state index in [9.17, 15) is 8.78 Å². The lowest BCUT2D eigenvalue weighted by Gasteiger charge is -2.11. The molecule has 2 aromatic rings. The van der Waals surface area contributed by atoms with Crippen LogP contribution in [0.3, 0.4) is 0 Å². The van der Waals surface area contributed by atoms with Crippen molar-refractivity contribution in [1.29, 1.82) is 0 Å². The van der Waals surface area contributed by atoms with E-state index in [1.807, 2.05) is 6.92 Å². The van der Waals surface area contributed by atoms with Gasteiger partial charge in [-0.1, -0.05) is 89.5 Å². The Kier molecular flexibility index (Phi) is 15.2. The summed E-state index contributed by atoms with van der Waals surface area (Å²) in [7, 11) is 0. The van der Waals surface area contributed by atoms with Crippen molar-refractivity contribution >= 4 is 0 Å². The van der Waals surface area contributed by atoms with Crippen LogP contribution in [0, 0.1) is 0 Å². The highest BCUT2D eigenvalue weighted by atomic mass is 19.1. The first-order valence-electron chi connectivity index (χ1n) is 13.9. The highest BCUT2D eigenvalue weighted by molar-refractivity contribution is 5.55. The molecule has 35 heavy (non-hydrogen) atoms. The van der Waals surface area contributed by atoms with Gasteiger partial charge in [0, 0.05) is 12.0 Å². The number of aromatic nitrogens is 2. The fourth-order valence-corrected chi connectivity index (χ4v) is 4.29. The van der Waals surface area contributed by atoms with E-state index in [4.69, 9.17) is 4.74 Å². The Hall–Kier alpha value is -2.04. The minimum absolute atomic E-state index is 0.269. The van der Waals surface area contributed by atoms with Crippen LogP contribution in [-0.4, -0.2) is 28.9 Å². The van der Waals surface area contributed by atoms with Crippen LogP contribution in [0.5, 0.6) is 5.75 Å². The Morgan fingerprint density at radius 1 is 0.686 bits per heavy atom. The number of unbranched alkanes of at least 4 members (excludes halogenated alkanes) is 7. The van der Waals surface area contributed by atoms with Gasteiger partial charge in [-0.3, -0.25) is 0 Å². The maximum absolute atomic E-state index is 14.0. The molecular weight excluding hydrogens is 442 g/mol. The van der Waals surface area contributed by atoms with Crippen molar-refractivity contribution < 1.29 is 13.5 Å². The molecule has 1 aromatic carbocycles. The first-order chi connectivity index (χ1) is 17.1. The van der Waals surface area contributed by atoms with Gasteiger partial charge in [0.2, 0.25) is 0 Å². The molecule has 0 aliphatic heterocycles. The lowest BCUT2D eigenvalue weighted by molar-refractivity contribution is 0.212. The van der Waals surface area contributed by atoms with E-state index in [0.29, 0.717) is 43.7 Å². The second kappa shape index (κ2) is 18.3. The highest BCUT2D eigenvalue weighted by Crippen LogP contribution is 2.20. The predicted octanol–water partition coefficient (Wildman–Crippen LogP) is 9.24. The second-order valence-corrected chi connectivity index (χ2v) is 9.72. The van der Waals surface area contributed by atoms with Crippen LogP contribution in [0.15, 0.2) is 36.7 Å². The maximum atomic E-state index is 14.0. The number of aryl methyl sites for hydroxylation is 1. The SMILES string of the molecule is CCCCCCCCCCc1ccc(-c2ncc(OCCC(F)CCCC(F)CCC)cn2)cc1. The summed E-state index contributed by atoms with van der Waals surface area (Å²) in [5, 5.41) is 0. The Morgan fingerprint density at radius 2 is 1.29 bits per heavy atom. The van der Waals surface area contributed by atoms with E-state index in [1.54, 1.807) is 12.4 Å². The highest BCUT2D eigenvalue weighted by Gasteiger charge is 2.10. The summed E-state index contributed by atoms with van der Waals surface area (Å²) in [5.74, 6) is 1.20. The average Bonchev–Trinajstić information content (AvgIpc) is 2.87. The van der Waals surface area contributed by atoms with Crippen LogP contribution < -0.4 is 4.74 Å². The second-order valence-electron chi connectivity index (χ2n) is 9.72. The number of hydrogen-bond donors (Lipinski definition) is 0. The van der Waals surface area contributed by atoms with Crippen molar-refractivity contribution in [1.82, 2.24) is 9.97 Å². The van der Waals surface area contributed by atoms with E-state index in [1.165, 1.54) is 56.9 Å². The van der Waals surface area contributed by atoms with Gasteiger partial charge < -0.3 is 4.74 Å². The Morgan fingerprint density at radius 3 is 1.91 bits per heavy atom. The van der Waals surface area contributed by atoms with E-state index in [0.717, 1.165) is 18.4 Å². The number of halogens is 2. The number of hydrogen-bond acceptors (Lipinski definition) is 3. The average molecular weight is 489 g/mol. The number of rotatable bonds is 20. The summed E-state index contributed by atoms with van der Waals surface area (Å²) in [6.07, 6.45) is 16.4. The van der Waals surface area contributed by atoms with Crippen molar-refractivity contribution in [2.75, 3.05) is 6.61 Å². The fourth-order valence-electron chi connectivity index (χ4n) is 4.29. The summed E-state index contributed by atoms with van der Waals surface area (Å²) in [5.41, 5.74) is 2.34. The van der Waals surface area contributed by atoms with Gasteiger partial charge in [0.15, 0.2) is 11.6 Å². The zero-order chi connectivity index (χ0) is 25.1. The molecule has 0 radical (unpaired) electrons. The number of ether oxygens (including phenoxy) is 1. The van der Waals surface area contributed by atoms with E-state index in [-0.39, 0.29) is 6.61 Å². The van der Waals surface area contributed by atoms with Gasteiger partial charge in [-0.05, 0) is 44.1 Å². The zero-order valence-corrected chi connectivity index (χ0v) is 22.0. The lowest BCUT2D eigenvalue weighted by Crippen LogP contribution is -2.09. The monoisotopic (exact) mass is 488 g/mol. The van der Waals surface area contributed by atoms with Crippen LogP contribution >= 0.6 is 0 Å². The van der Waals surface area contributed by atoms with Crippen LogP contribution in [0.1, 0.15) is 109 Å². The minimum Gasteiger partial charge on any atom is -0.490 e. The summed E-state index contributed by atoms with van der Waals surface area (Å²) in [6, 6.07) is 8.48. The Balaban J connectivity index is 1.63. The molecule has 1 aromatic heterocycles. The van der Waals surface area contributed by atoms with Crippen LogP contribution in [0.2, 0.25) is 0 Å². The molecule has 5 heteroatoms. The molecule has 0 fully saturated rings. The zero-order valence-electron chi connectivity index (χ0n) is 22.0. The summed E-state index contributed by atoms with van der Waals surface area (Å²) in [4.78, 5) is 8.82. The van der Waals surface area contributed by atoms with Gasteiger partial charge in [-0.25, -0.2) is 18.7 Å². The quantitative estimate of drug-likeness (QED) is 0.174. The van der Waals surface area contributed by atoms with E-state index in [2.05, 4.69) is 41.2 Å². The van der Waals surface area contributed by atoms with Crippen molar-refractivity contribution in [2.45, 2.75) is 123 Å². The first-order valence-corrected chi connectivity index (χ1v) is 13.9. The Bertz CT molecular complexity index is 767. The molecule has 0 aliphatic rings. The van der Waals surface area contributed by atoms with Crippen LogP contribution in [-0.2, 0) is 6.42 Å². The summed E-state index contributed by atoms with van der Waals surface area (Å²) < 4.78 is 33.1. The molecule has 0 bridgehead atoms. The Labute approximate surface area is 212 Å². The van der Waals surface area contributed by atoms with Gasteiger partial charge >= 0.3 is 0 Å². The first kappa shape index (κ1) is 29.2. The standard InChI is InChI=1S/C30H46F2N2O/c1-3-5-6-7-8-9-10-11-14-25-17-19-26(20-18-25)30-33-23-29(24-34-30)35-22-21-28(32)16-12-15-27(31)13-4-2/h17-20,23-24,27-28H,3-16,21-22H2,1-2H3. The number of benzene rings is 1. The van der Waals surface area contributed by atoms with Gasteiger partial charge in [-0.2, -0.15) is 0 Å². The van der Waals surface area contributed by atoms with Crippen molar-refractivity contribution in [3.8, 4) is 17.1 Å². The lowest BCUT2D eigenvalue weighted by atomic mass is 10.0. The maximum Gasteiger partial charge on any atom is 0.159 e. The van der Waals surface area contributed by atoms with Crippen molar-refractivity contribution in [3.63, 3.8) is 0 Å². The molecule has 0 aliphatic carbocycles. The van der Waals surface area contributed by atoms with Gasteiger partial charge in [0.1, 0.15) is 12.3 Å². The summed E-state index contributed by atoms with van der Waals surface area (Å²) in [6.45, 7) is 4.49. The molecule has 2 rings (SSSR count). The fraction of sp³-hybridized carbons (Fsp3) is 0.667. The van der Waals surface area contributed by atoms with E-state index >= 15 is 0 Å². The van der Waals surface area contributed by atoms with Gasteiger partial charge in [0.25, 0.3) is 0 Å². The van der Waals surface area contributed by atoms with Crippen molar-refractivity contribution in [2.24, 2.45) is 0 Å². The number of nitrogens with zero attached hydrogens (tertiary/aromatic N) is 2. The summed E-state index contributed by atoms with van der Waals surface area (Å²) >= 11 is 0. The molecule has 196 valence electrons. The molecule has 2 unspecified atom stereocenters. The molecular formula is C30H46F2N2O. The molecule has 1 heterocycles. The van der Waals surface area contributed by atoms with Crippen LogP contribution in [0.4, 0.5) is 8.78 Å². The van der Waals surface area contributed by atoms with Crippen molar-refractivity contribution in [3.05, 3.63) is 42.2 Å². The third-order valence-corrected chi connectivity index (χ3v) is 6.50. The molecule has 0 saturated heterocycles. The molecule has 0 spiro atoms. The van der Waals surface area contributed by atoms with Crippen LogP contribution in [0.25, 0.3) is 11.4 Å². The van der Waals surface area contributed by atoms with Gasteiger partial charge in [0.05, 0.1) is 19.0 Å². The molecule has 0 amide bonds.